The van der Waals surface area contributed by atoms with Gasteiger partial charge in [-0.15, -0.1) is 0 Å². The van der Waals surface area contributed by atoms with E-state index >= 15 is 0 Å². The van der Waals surface area contributed by atoms with Crippen LogP contribution in [0.2, 0.25) is 0 Å². The molecule has 1 unspecified atom stereocenters. The average molecular weight is 312 g/mol. The molecule has 2 aromatic carbocycles. The van der Waals surface area contributed by atoms with Crippen LogP contribution in [0.3, 0.4) is 0 Å². The molecule has 0 aliphatic carbocycles. The number of rotatable bonds is 8. The maximum Gasteiger partial charge on any atom is -0.0191 e. The third-order valence-electron chi connectivity index (χ3n) is 4.10. The third-order valence-corrected chi connectivity index (χ3v) is 5.46. The molecule has 0 aromatic heterocycles. The summed E-state index contributed by atoms with van der Waals surface area (Å²) in [6, 6.07) is 15.7. The topological polar surface area (TPSA) is 0 Å². The van der Waals surface area contributed by atoms with E-state index in [4.69, 9.17) is 0 Å². The lowest BCUT2D eigenvalue weighted by atomic mass is 9.92. The van der Waals surface area contributed by atoms with Crippen molar-refractivity contribution < 1.29 is 0 Å². The van der Waals surface area contributed by atoms with Crippen molar-refractivity contribution in [3.8, 4) is 0 Å². The van der Waals surface area contributed by atoms with Crippen LogP contribution in [0.1, 0.15) is 56.7 Å². The fourth-order valence-corrected chi connectivity index (χ4v) is 4.40. The van der Waals surface area contributed by atoms with E-state index in [1.807, 2.05) is 0 Å². The summed E-state index contributed by atoms with van der Waals surface area (Å²) in [6.45, 7) is 6.89. The minimum Gasteiger partial charge on any atom is -0.0651 e. The zero-order valence-corrected chi connectivity index (χ0v) is 15.3. The summed E-state index contributed by atoms with van der Waals surface area (Å²) in [5.41, 5.74) is 4.90. The van der Waals surface area contributed by atoms with E-state index in [0.717, 1.165) is 8.58 Å². The van der Waals surface area contributed by atoms with Crippen molar-refractivity contribution in [3.63, 3.8) is 0 Å². The third kappa shape index (κ3) is 4.43. The number of hydrogen-bond acceptors (Lipinski definition) is 0. The molecule has 0 saturated heterocycles. The van der Waals surface area contributed by atoms with E-state index in [1.165, 1.54) is 43.8 Å². The lowest BCUT2D eigenvalue weighted by molar-refractivity contribution is 0.829. The van der Waals surface area contributed by atoms with Crippen LogP contribution < -0.4 is 10.6 Å². The van der Waals surface area contributed by atoms with Gasteiger partial charge in [0.1, 0.15) is 0 Å². The highest BCUT2D eigenvalue weighted by Gasteiger charge is 2.12. The molecule has 0 nitrogen and oxygen atoms in total. The van der Waals surface area contributed by atoms with Crippen LogP contribution in [0.25, 0.3) is 0 Å². The predicted octanol–water partition coefficient (Wildman–Crippen LogP) is 5.17. The van der Waals surface area contributed by atoms with Crippen LogP contribution in [0.5, 0.6) is 0 Å². The van der Waals surface area contributed by atoms with Gasteiger partial charge in [0.05, 0.1) is 0 Å². The van der Waals surface area contributed by atoms with Crippen LogP contribution in [0.15, 0.2) is 42.5 Å². The minimum atomic E-state index is 0.785. The predicted molar refractivity (Wildman–Crippen MR) is 102 cm³/mol. The van der Waals surface area contributed by atoms with Gasteiger partial charge in [-0.25, -0.2) is 0 Å². The quantitative estimate of drug-likeness (QED) is 0.590. The number of hydrogen-bond donors (Lipinski definition) is 0. The minimum absolute atomic E-state index is 0.785. The molecule has 0 saturated carbocycles. The first-order valence-electron chi connectivity index (χ1n) is 8.75. The molecule has 0 bridgehead atoms. The molecule has 2 aromatic rings. The highest BCUT2D eigenvalue weighted by atomic mass is 31.1. The van der Waals surface area contributed by atoms with Gasteiger partial charge in [0, 0.05) is 0 Å². The van der Waals surface area contributed by atoms with Crippen LogP contribution in [0, 0.1) is 0 Å². The van der Waals surface area contributed by atoms with Gasteiger partial charge in [0.25, 0.3) is 0 Å². The Labute approximate surface area is 138 Å². The molecule has 0 aliphatic rings. The van der Waals surface area contributed by atoms with E-state index in [9.17, 15) is 0 Å². The van der Waals surface area contributed by atoms with Crippen molar-refractivity contribution in [1.29, 1.82) is 0 Å². The summed E-state index contributed by atoms with van der Waals surface area (Å²) in [5, 5.41) is 3.02. The summed E-state index contributed by atoms with van der Waals surface area (Å²) >= 11 is 0. The highest BCUT2D eigenvalue weighted by Crippen LogP contribution is 2.24. The monoisotopic (exact) mass is 312 g/mol. The lowest BCUT2D eigenvalue weighted by Gasteiger charge is -2.18. The second-order valence-corrected chi connectivity index (χ2v) is 7.34. The SMILES string of the molecule is CCCc1ccc(Pc2ccccc2)c(CCC)c1CCC. The molecule has 0 radical (unpaired) electrons. The van der Waals surface area contributed by atoms with Crippen molar-refractivity contribution in [2.24, 2.45) is 0 Å². The van der Waals surface area contributed by atoms with Crippen LogP contribution in [0.4, 0.5) is 0 Å². The van der Waals surface area contributed by atoms with E-state index in [2.05, 4.69) is 63.2 Å². The molecular formula is C21H29P. The van der Waals surface area contributed by atoms with Gasteiger partial charge in [0.2, 0.25) is 0 Å². The van der Waals surface area contributed by atoms with Gasteiger partial charge in [-0.05, 0) is 46.6 Å². The lowest BCUT2D eigenvalue weighted by Crippen LogP contribution is -2.14. The van der Waals surface area contributed by atoms with Crippen molar-refractivity contribution in [2.45, 2.75) is 59.3 Å². The first-order valence-corrected chi connectivity index (χ1v) is 9.75. The standard InChI is InChI=1S/C21H29P/c1-4-10-17-15-16-21(22-18-13-8-7-9-14-18)20(12-6-3)19(17)11-5-2/h7-9,13-16,22H,4-6,10-12H2,1-3H3. The first kappa shape index (κ1) is 17.2. The summed E-state index contributed by atoms with van der Waals surface area (Å²) in [6.07, 6.45) is 7.40. The Balaban J connectivity index is 2.41. The normalized spacial score (nSPS) is 11.4. The molecule has 22 heavy (non-hydrogen) atoms. The Bertz CT molecular complexity index is 572. The molecule has 0 fully saturated rings. The molecule has 1 atom stereocenters. The summed E-state index contributed by atoms with van der Waals surface area (Å²) in [7, 11) is 0.785. The summed E-state index contributed by atoms with van der Waals surface area (Å²) < 4.78 is 0. The molecule has 118 valence electrons. The van der Waals surface area contributed by atoms with E-state index in [1.54, 1.807) is 22.0 Å². The van der Waals surface area contributed by atoms with Gasteiger partial charge in [-0.2, -0.15) is 0 Å². The molecular weight excluding hydrogens is 283 g/mol. The van der Waals surface area contributed by atoms with Crippen molar-refractivity contribution in [2.75, 3.05) is 0 Å². The smallest absolute Gasteiger partial charge is 0.0191 e. The Morgan fingerprint density at radius 3 is 1.95 bits per heavy atom. The van der Waals surface area contributed by atoms with Gasteiger partial charge >= 0.3 is 0 Å². The van der Waals surface area contributed by atoms with Crippen LogP contribution in [-0.2, 0) is 19.3 Å². The molecule has 0 heterocycles. The van der Waals surface area contributed by atoms with Gasteiger partial charge in [-0.3, -0.25) is 0 Å². The van der Waals surface area contributed by atoms with E-state index in [-0.39, 0.29) is 0 Å². The van der Waals surface area contributed by atoms with E-state index < -0.39 is 0 Å². The van der Waals surface area contributed by atoms with Gasteiger partial charge < -0.3 is 0 Å². The Morgan fingerprint density at radius 2 is 1.32 bits per heavy atom. The van der Waals surface area contributed by atoms with E-state index in [0.29, 0.717) is 0 Å². The van der Waals surface area contributed by atoms with Crippen LogP contribution >= 0.6 is 8.58 Å². The zero-order valence-electron chi connectivity index (χ0n) is 14.3. The zero-order chi connectivity index (χ0) is 15.8. The first-order chi connectivity index (χ1) is 10.8. The summed E-state index contributed by atoms with van der Waals surface area (Å²) in [4.78, 5) is 0. The van der Waals surface area contributed by atoms with Crippen molar-refractivity contribution in [3.05, 3.63) is 59.2 Å². The Kier molecular flexibility index (Phi) is 7.13. The largest absolute Gasteiger partial charge is 0.0651 e. The maximum absolute atomic E-state index is 2.40. The molecule has 1 heteroatoms. The molecule has 0 aliphatic heterocycles. The maximum atomic E-state index is 2.40. The Morgan fingerprint density at radius 1 is 0.682 bits per heavy atom. The molecule has 2 rings (SSSR count). The second kappa shape index (κ2) is 9.11. The highest BCUT2D eigenvalue weighted by molar-refractivity contribution is 7.55. The van der Waals surface area contributed by atoms with Crippen molar-refractivity contribution in [1.82, 2.24) is 0 Å². The number of aryl methyl sites for hydroxylation is 1. The number of benzene rings is 2. The molecule has 0 spiro atoms. The molecule has 0 amide bonds. The fraction of sp³-hybridized carbons (Fsp3) is 0.429. The Hall–Kier alpha value is -1.13. The average Bonchev–Trinajstić information content (AvgIpc) is 2.54. The second-order valence-electron chi connectivity index (χ2n) is 5.97. The molecule has 0 N–H and O–H groups in total. The fourth-order valence-electron chi connectivity index (χ4n) is 3.14. The van der Waals surface area contributed by atoms with Gasteiger partial charge in [-0.1, -0.05) is 91.1 Å². The summed E-state index contributed by atoms with van der Waals surface area (Å²) in [5.74, 6) is 0. The van der Waals surface area contributed by atoms with Gasteiger partial charge in [0.15, 0.2) is 0 Å². The van der Waals surface area contributed by atoms with Crippen LogP contribution in [-0.4, -0.2) is 0 Å². The van der Waals surface area contributed by atoms with Crippen molar-refractivity contribution >= 4 is 19.2 Å².